The zero-order chi connectivity index (χ0) is 13.7. The van der Waals surface area contributed by atoms with Crippen molar-refractivity contribution < 1.29 is 4.79 Å². The monoisotopic (exact) mass is 277 g/mol. The Hall–Kier alpha value is -1.46. The third-order valence-electron chi connectivity index (χ3n) is 3.16. The first kappa shape index (κ1) is 14.0. The standard InChI is InChI=1S/C14H19N3OS/c1-2-10(8-15)7-13(18)16-9-14-17-11-5-3-4-6-12(11)19-14/h3-6,10H,2,7-9,15H2,1H3,(H,16,18). The van der Waals surface area contributed by atoms with E-state index < -0.39 is 0 Å². The molecule has 0 bridgehead atoms. The third kappa shape index (κ3) is 3.75. The molecule has 1 atom stereocenters. The first-order valence-electron chi connectivity index (χ1n) is 6.54. The summed E-state index contributed by atoms with van der Waals surface area (Å²) < 4.78 is 1.15. The predicted molar refractivity (Wildman–Crippen MR) is 78.9 cm³/mol. The lowest BCUT2D eigenvalue weighted by molar-refractivity contribution is -0.122. The predicted octanol–water partition coefficient (Wildman–Crippen LogP) is 2.29. The molecular formula is C14H19N3OS. The summed E-state index contributed by atoms with van der Waals surface area (Å²) in [5.41, 5.74) is 6.59. The number of nitrogens with zero attached hydrogens (tertiary/aromatic N) is 1. The lowest BCUT2D eigenvalue weighted by Gasteiger charge is -2.11. The molecule has 0 spiro atoms. The van der Waals surface area contributed by atoms with Crippen molar-refractivity contribution in [3.63, 3.8) is 0 Å². The fourth-order valence-corrected chi connectivity index (χ4v) is 2.81. The summed E-state index contributed by atoms with van der Waals surface area (Å²) in [6.07, 6.45) is 1.43. The molecule has 4 nitrogen and oxygen atoms in total. The number of thiazole rings is 1. The van der Waals surface area contributed by atoms with Crippen molar-refractivity contribution in [2.24, 2.45) is 11.7 Å². The van der Waals surface area contributed by atoms with Gasteiger partial charge >= 0.3 is 0 Å². The van der Waals surface area contributed by atoms with Gasteiger partial charge in [0.15, 0.2) is 0 Å². The zero-order valence-electron chi connectivity index (χ0n) is 11.1. The molecule has 1 amide bonds. The third-order valence-corrected chi connectivity index (χ3v) is 4.20. The number of benzene rings is 1. The van der Waals surface area contributed by atoms with E-state index in [1.54, 1.807) is 11.3 Å². The lowest BCUT2D eigenvalue weighted by Crippen LogP contribution is -2.27. The van der Waals surface area contributed by atoms with Gasteiger partial charge in [0.05, 0.1) is 16.8 Å². The molecule has 19 heavy (non-hydrogen) atoms. The molecule has 0 saturated heterocycles. The first-order chi connectivity index (χ1) is 9.22. The molecule has 1 heterocycles. The van der Waals surface area contributed by atoms with Crippen LogP contribution in [0, 0.1) is 5.92 Å². The van der Waals surface area contributed by atoms with Crippen LogP contribution in [0.5, 0.6) is 0 Å². The van der Waals surface area contributed by atoms with Crippen LogP contribution >= 0.6 is 11.3 Å². The van der Waals surface area contributed by atoms with Gasteiger partial charge in [-0.25, -0.2) is 4.98 Å². The average Bonchev–Trinajstić information content (AvgIpc) is 2.85. The number of nitrogens with two attached hydrogens (primary N) is 1. The van der Waals surface area contributed by atoms with Gasteiger partial charge in [0, 0.05) is 6.42 Å². The van der Waals surface area contributed by atoms with E-state index in [9.17, 15) is 4.79 Å². The molecule has 1 aromatic carbocycles. The van der Waals surface area contributed by atoms with Crippen LogP contribution in [-0.2, 0) is 11.3 Å². The molecule has 0 aliphatic rings. The molecular weight excluding hydrogens is 258 g/mol. The number of para-hydroxylation sites is 1. The SMILES string of the molecule is CCC(CN)CC(=O)NCc1nc2ccccc2s1. The number of fused-ring (bicyclic) bond motifs is 1. The summed E-state index contributed by atoms with van der Waals surface area (Å²) in [5.74, 6) is 0.326. The van der Waals surface area contributed by atoms with Gasteiger partial charge in [0.1, 0.15) is 5.01 Å². The fourth-order valence-electron chi connectivity index (χ4n) is 1.90. The Morgan fingerprint density at radius 3 is 2.95 bits per heavy atom. The molecule has 0 aliphatic heterocycles. The average molecular weight is 277 g/mol. The highest BCUT2D eigenvalue weighted by Crippen LogP contribution is 2.21. The second-order valence-corrected chi connectivity index (χ2v) is 5.68. The van der Waals surface area contributed by atoms with Crippen molar-refractivity contribution in [1.29, 1.82) is 0 Å². The Morgan fingerprint density at radius 1 is 1.47 bits per heavy atom. The van der Waals surface area contributed by atoms with Crippen molar-refractivity contribution in [3.05, 3.63) is 29.3 Å². The van der Waals surface area contributed by atoms with Crippen LogP contribution in [0.4, 0.5) is 0 Å². The molecule has 2 rings (SSSR count). The van der Waals surface area contributed by atoms with E-state index in [1.807, 2.05) is 24.3 Å². The molecule has 5 heteroatoms. The van der Waals surface area contributed by atoms with Crippen LogP contribution in [0.1, 0.15) is 24.8 Å². The first-order valence-corrected chi connectivity index (χ1v) is 7.35. The number of amides is 1. The topological polar surface area (TPSA) is 68.0 Å². The van der Waals surface area contributed by atoms with Crippen LogP contribution in [0.15, 0.2) is 24.3 Å². The quantitative estimate of drug-likeness (QED) is 0.851. The molecule has 2 aromatic rings. The van der Waals surface area contributed by atoms with E-state index >= 15 is 0 Å². The van der Waals surface area contributed by atoms with E-state index in [0.717, 1.165) is 21.6 Å². The summed E-state index contributed by atoms with van der Waals surface area (Å²) in [5, 5.41) is 3.85. The number of hydrogen-bond acceptors (Lipinski definition) is 4. The zero-order valence-corrected chi connectivity index (χ0v) is 11.9. The molecule has 0 radical (unpaired) electrons. The minimum Gasteiger partial charge on any atom is -0.350 e. The normalized spacial score (nSPS) is 12.5. The number of hydrogen-bond donors (Lipinski definition) is 2. The Labute approximate surface area is 117 Å². The van der Waals surface area contributed by atoms with E-state index in [4.69, 9.17) is 5.73 Å². The van der Waals surface area contributed by atoms with Gasteiger partial charge in [0.25, 0.3) is 0 Å². The van der Waals surface area contributed by atoms with Crippen molar-refractivity contribution >= 4 is 27.5 Å². The number of carbonyl (C=O) groups is 1. The molecule has 0 aliphatic carbocycles. The largest absolute Gasteiger partial charge is 0.350 e. The smallest absolute Gasteiger partial charge is 0.220 e. The van der Waals surface area contributed by atoms with Crippen LogP contribution < -0.4 is 11.1 Å². The fraction of sp³-hybridized carbons (Fsp3) is 0.429. The van der Waals surface area contributed by atoms with Crippen LogP contribution in [0.2, 0.25) is 0 Å². The lowest BCUT2D eigenvalue weighted by atomic mass is 10.0. The van der Waals surface area contributed by atoms with Gasteiger partial charge in [-0.05, 0) is 24.6 Å². The molecule has 1 unspecified atom stereocenters. The van der Waals surface area contributed by atoms with Crippen molar-refractivity contribution in [2.45, 2.75) is 26.3 Å². The minimum absolute atomic E-state index is 0.0524. The molecule has 0 fully saturated rings. The second kappa shape index (κ2) is 6.63. The highest BCUT2D eigenvalue weighted by molar-refractivity contribution is 7.18. The highest BCUT2D eigenvalue weighted by atomic mass is 32.1. The molecule has 102 valence electrons. The number of carbonyl (C=O) groups excluding carboxylic acids is 1. The Kier molecular flexibility index (Phi) is 4.87. The maximum absolute atomic E-state index is 11.8. The Morgan fingerprint density at radius 2 is 2.26 bits per heavy atom. The maximum Gasteiger partial charge on any atom is 0.220 e. The van der Waals surface area contributed by atoms with Gasteiger partial charge < -0.3 is 11.1 Å². The van der Waals surface area contributed by atoms with Gasteiger partial charge in [-0.15, -0.1) is 11.3 Å². The van der Waals surface area contributed by atoms with E-state index in [2.05, 4.69) is 17.2 Å². The summed E-state index contributed by atoms with van der Waals surface area (Å²) in [4.78, 5) is 16.3. The van der Waals surface area contributed by atoms with Gasteiger partial charge in [-0.1, -0.05) is 25.5 Å². The number of aromatic nitrogens is 1. The molecule has 1 aromatic heterocycles. The van der Waals surface area contributed by atoms with Crippen molar-refractivity contribution in [2.75, 3.05) is 6.54 Å². The van der Waals surface area contributed by atoms with Crippen LogP contribution in [-0.4, -0.2) is 17.4 Å². The Balaban J connectivity index is 1.89. The van der Waals surface area contributed by atoms with Gasteiger partial charge in [-0.2, -0.15) is 0 Å². The van der Waals surface area contributed by atoms with Gasteiger partial charge in [0.2, 0.25) is 5.91 Å². The van der Waals surface area contributed by atoms with E-state index in [-0.39, 0.29) is 11.8 Å². The molecule has 0 saturated carbocycles. The van der Waals surface area contributed by atoms with Crippen LogP contribution in [0.25, 0.3) is 10.2 Å². The van der Waals surface area contributed by atoms with E-state index in [1.165, 1.54) is 0 Å². The molecule has 3 N–H and O–H groups in total. The highest BCUT2D eigenvalue weighted by Gasteiger charge is 2.11. The van der Waals surface area contributed by atoms with Gasteiger partial charge in [-0.3, -0.25) is 4.79 Å². The maximum atomic E-state index is 11.8. The summed E-state index contributed by atoms with van der Waals surface area (Å²) in [7, 11) is 0. The van der Waals surface area contributed by atoms with Crippen LogP contribution in [0.3, 0.4) is 0 Å². The number of rotatable bonds is 6. The minimum atomic E-state index is 0.0524. The van der Waals surface area contributed by atoms with E-state index in [0.29, 0.717) is 19.5 Å². The van der Waals surface area contributed by atoms with Crippen molar-refractivity contribution in [3.8, 4) is 0 Å². The number of nitrogens with one attached hydrogen (secondary N) is 1. The summed E-state index contributed by atoms with van der Waals surface area (Å²) in [6.45, 7) is 3.11. The summed E-state index contributed by atoms with van der Waals surface area (Å²) >= 11 is 1.62. The Bertz CT molecular complexity index is 515. The summed E-state index contributed by atoms with van der Waals surface area (Å²) in [6, 6.07) is 7.99. The van der Waals surface area contributed by atoms with Crippen molar-refractivity contribution in [1.82, 2.24) is 10.3 Å². The second-order valence-electron chi connectivity index (χ2n) is 4.57.